The zero-order valence-corrected chi connectivity index (χ0v) is 14.8. The zero-order chi connectivity index (χ0) is 16.2. The second kappa shape index (κ2) is 7.27. The van der Waals surface area contributed by atoms with Gasteiger partial charge in [0, 0.05) is 45.5 Å². The predicted octanol–water partition coefficient (Wildman–Crippen LogP) is 2.71. The lowest BCUT2D eigenvalue weighted by atomic mass is 9.97. The van der Waals surface area contributed by atoms with Gasteiger partial charge in [0.05, 0.1) is 0 Å². The Morgan fingerprint density at radius 2 is 1.86 bits per heavy atom. The van der Waals surface area contributed by atoms with Crippen molar-refractivity contribution in [2.24, 2.45) is 11.3 Å². The van der Waals surface area contributed by atoms with E-state index in [0.717, 1.165) is 50.4 Å². The van der Waals surface area contributed by atoms with Crippen molar-refractivity contribution in [1.29, 1.82) is 0 Å². The van der Waals surface area contributed by atoms with E-state index in [0.29, 0.717) is 0 Å². The third-order valence-electron chi connectivity index (χ3n) is 3.74. The van der Waals surface area contributed by atoms with Gasteiger partial charge in [0.1, 0.15) is 5.82 Å². The maximum Gasteiger partial charge on any atom is 0.224 e. The number of piperazine rings is 1. The van der Waals surface area contributed by atoms with E-state index < -0.39 is 0 Å². The molecule has 1 aliphatic heterocycles. The van der Waals surface area contributed by atoms with E-state index >= 15 is 0 Å². The fourth-order valence-electron chi connectivity index (χ4n) is 2.63. The van der Waals surface area contributed by atoms with Crippen LogP contribution in [0.15, 0.2) is 12.3 Å². The molecule has 1 N–H and O–H groups in total. The van der Waals surface area contributed by atoms with Crippen molar-refractivity contribution >= 4 is 11.8 Å². The van der Waals surface area contributed by atoms with Gasteiger partial charge in [-0.3, -0.25) is 4.90 Å². The number of aromatic nitrogens is 2. The number of hydrogen-bond acceptors (Lipinski definition) is 5. The lowest BCUT2D eigenvalue weighted by Gasteiger charge is -2.36. The molecule has 1 aliphatic rings. The first-order chi connectivity index (χ1) is 10.3. The Labute approximate surface area is 135 Å². The van der Waals surface area contributed by atoms with Crippen LogP contribution >= 0.6 is 0 Å². The average molecular weight is 305 g/mol. The molecule has 0 aliphatic carbocycles. The van der Waals surface area contributed by atoms with Crippen molar-refractivity contribution in [3.8, 4) is 0 Å². The van der Waals surface area contributed by atoms with E-state index in [-0.39, 0.29) is 5.41 Å². The van der Waals surface area contributed by atoms with E-state index in [4.69, 9.17) is 0 Å². The molecule has 22 heavy (non-hydrogen) atoms. The van der Waals surface area contributed by atoms with Crippen molar-refractivity contribution in [2.75, 3.05) is 49.5 Å². The molecule has 1 fully saturated rings. The van der Waals surface area contributed by atoms with Gasteiger partial charge in [-0.2, -0.15) is 4.98 Å². The van der Waals surface area contributed by atoms with Crippen molar-refractivity contribution in [2.45, 2.75) is 34.6 Å². The third kappa shape index (κ3) is 5.44. The Hall–Kier alpha value is -1.36. The van der Waals surface area contributed by atoms with Crippen molar-refractivity contribution in [3.05, 3.63) is 12.3 Å². The van der Waals surface area contributed by atoms with Crippen LogP contribution in [0.25, 0.3) is 0 Å². The molecule has 5 nitrogen and oxygen atoms in total. The van der Waals surface area contributed by atoms with Crippen LogP contribution in [0, 0.1) is 11.3 Å². The molecule has 0 aromatic carbocycles. The molecule has 124 valence electrons. The van der Waals surface area contributed by atoms with Gasteiger partial charge < -0.3 is 10.2 Å². The lowest BCUT2D eigenvalue weighted by molar-refractivity contribution is 0.231. The summed E-state index contributed by atoms with van der Waals surface area (Å²) in [5, 5.41) is 3.34. The molecule has 1 aromatic rings. The van der Waals surface area contributed by atoms with Crippen LogP contribution in [-0.4, -0.2) is 54.1 Å². The number of nitrogens with zero attached hydrogens (tertiary/aromatic N) is 4. The Morgan fingerprint density at radius 3 is 2.45 bits per heavy atom. The first-order valence-electron chi connectivity index (χ1n) is 8.38. The molecule has 0 bridgehead atoms. The van der Waals surface area contributed by atoms with E-state index in [1.54, 1.807) is 0 Å². The van der Waals surface area contributed by atoms with Gasteiger partial charge in [-0.25, -0.2) is 4.98 Å². The fraction of sp³-hybridized carbons (Fsp3) is 0.765. The Kier molecular flexibility index (Phi) is 5.62. The van der Waals surface area contributed by atoms with E-state index in [9.17, 15) is 0 Å². The predicted molar refractivity (Wildman–Crippen MR) is 93.5 cm³/mol. The molecule has 0 spiro atoms. The average Bonchev–Trinajstić information content (AvgIpc) is 2.45. The molecule has 0 saturated carbocycles. The molecule has 2 rings (SSSR count). The number of rotatable bonds is 5. The summed E-state index contributed by atoms with van der Waals surface area (Å²) >= 11 is 0. The van der Waals surface area contributed by atoms with Gasteiger partial charge in [0.25, 0.3) is 0 Å². The van der Waals surface area contributed by atoms with Crippen LogP contribution in [0.5, 0.6) is 0 Å². The van der Waals surface area contributed by atoms with E-state index in [1.807, 2.05) is 12.3 Å². The molecule has 0 radical (unpaired) electrons. The Morgan fingerprint density at radius 1 is 1.18 bits per heavy atom. The maximum atomic E-state index is 4.67. The standard InChI is InChI=1S/C17H31N5/c1-14(2)12-21-8-10-22(11-9-21)15-6-7-18-16(20-15)19-13-17(3,4)5/h6-7,14H,8-13H2,1-5H3,(H,18,19,20). The van der Waals surface area contributed by atoms with Crippen molar-refractivity contribution in [1.82, 2.24) is 14.9 Å². The van der Waals surface area contributed by atoms with Crippen molar-refractivity contribution < 1.29 is 0 Å². The molecule has 1 saturated heterocycles. The first kappa shape index (κ1) is 17.0. The minimum Gasteiger partial charge on any atom is -0.354 e. The summed E-state index contributed by atoms with van der Waals surface area (Å²) in [7, 11) is 0. The van der Waals surface area contributed by atoms with Gasteiger partial charge in [-0.1, -0.05) is 34.6 Å². The normalized spacial score (nSPS) is 17.1. The SMILES string of the molecule is CC(C)CN1CCN(c2ccnc(NCC(C)(C)C)n2)CC1. The van der Waals surface area contributed by atoms with Gasteiger partial charge >= 0.3 is 0 Å². The summed E-state index contributed by atoms with van der Waals surface area (Å²) < 4.78 is 0. The zero-order valence-electron chi connectivity index (χ0n) is 14.8. The molecular weight excluding hydrogens is 274 g/mol. The quantitative estimate of drug-likeness (QED) is 0.906. The highest BCUT2D eigenvalue weighted by Gasteiger charge is 2.19. The third-order valence-corrected chi connectivity index (χ3v) is 3.74. The summed E-state index contributed by atoms with van der Waals surface area (Å²) in [6.07, 6.45) is 1.85. The fourth-order valence-corrected chi connectivity index (χ4v) is 2.63. The Bertz CT molecular complexity index is 458. The van der Waals surface area contributed by atoms with E-state index in [1.165, 1.54) is 6.54 Å². The second-order valence-corrected chi connectivity index (χ2v) is 7.83. The molecule has 0 amide bonds. The minimum absolute atomic E-state index is 0.224. The maximum absolute atomic E-state index is 4.67. The van der Waals surface area contributed by atoms with Crippen LogP contribution in [0.2, 0.25) is 0 Å². The van der Waals surface area contributed by atoms with Gasteiger partial charge in [-0.05, 0) is 17.4 Å². The molecule has 1 aromatic heterocycles. The van der Waals surface area contributed by atoms with Crippen LogP contribution in [0.1, 0.15) is 34.6 Å². The summed E-state index contributed by atoms with van der Waals surface area (Å²) in [6, 6.07) is 2.01. The number of hydrogen-bond donors (Lipinski definition) is 1. The first-order valence-corrected chi connectivity index (χ1v) is 8.38. The van der Waals surface area contributed by atoms with Gasteiger partial charge in [-0.15, -0.1) is 0 Å². The summed E-state index contributed by atoms with van der Waals surface area (Å²) in [4.78, 5) is 13.9. The largest absolute Gasteiger partial charge is 0.354 e. The van der Waals surface area contributed by atoms with Crippen LogP contribution in [-0.2, 0) is 0 Å². The number of anilines is 2. The molecule has 0 atom stereocenters. The van der Waals surface area contributed by atoms with Crippen molar-refractivity contribution in [3.63, 3.8) is 0 Å². The minimum atomic E-state index is 0.224. The summed E-state index contributed by atoms with van der Waals surface area (Å²) in [6.45, 7) is 17.6. The second-order valence-electron chi connectivity index (χ2n) is 7.83. The Balaban J connectivity index is 1.90. The smallest absolute Gasteiger partial charge is 0.224 e. The lowest BCUT2D eigenvalue weighted by Crippen LogP contribution is -2.47. The van der Waals surface area contributed by atoms with Crippen LogP contribution in [0.4, 0.5) is 11.8 Å². The summed E-state index contributed by atoms with van der Waals surface area (Å²) in [5.41, 5.74) is 0.224. The monoisotopic (exact) mass is 305 g/mol. The highest BCUT2D eigenvalue weighted by molar-refractivity contribution is 5.43. The molecular formula is C17H31N5. The van der Waals surface area contributed by atoms with Gasteiger partial charge in [0.15, 0.2) is 0 Å². The molecule has 0 unspecified atom stereocenters. The molecule has 5 heteroatoms. The highest BCUT2D eigenvalue weighted by Crippen LogP contribution is 2.17. The topological polar surface area (TPSA) is 44.3 Å². The summed E-state index contributed by atoms with van der Waals surface area (Å²) in [5.74, 6) is 2.51. The molecule has 2 heterocycles. The van der Waals surface area contributed by atoms with Crippen LogP contribution in [0.3, 0.4) is 0 Å². The van der Waals surface area contributed by atoms with Gasteiger partial charge in [0.2, 0.25) is 5.95 Å². The number of nitrogens with one attached hydrogen (secondary N) is 1. The van der Waals surface area contributed by atoms with Crippen LogP contribution < -0.4 is 10.2 Å². The van der Waals surface area contributed by atoms with E-state index in [2.05, 4.69) is 59.7 Å². The highest BCUT2D eigenvalue weighted by atomic mass is 15.3.